The summed E-state index contributed by atoms with van der Waals surface area (Å²) >= 11 is 0.517. The first-order valence-corrected chi connectivity index (χ1v) is 12.3. The number of H-pyrrole nitrogens is 1. The minimum Gasteiger partial charge on any atom is -0.609 e. The number of para-hydroxylation sites is 2. The van der Waals surface area contributed by atoms with Crippen LogP contribution >= 0.6 is 11.3 Å². The fraction of sp³-hybridized carbons (Fsp3) is 0.304. The number of benzene rings is 1. The Kier molecular flexibility index (Phi) is 6.92. The number of hydrogen-bond acceptors (Lipinski definition) is 6. The molecular formula is C23H26N4O2S2. The van der Waals surface area contributed by atoms with Crippen LogP contribution in [0.4, 0.5) is 0 Å². The molecule has 1 N–H and O–H groups in total. The molecule has 0 fully saturated rings. The van der Waals surface area contributed by atoms with Crippen molar-refractivity contribution < 1.29 is 9.29 Å². The molecule has 0 spiro atoms. The maximum Gasteiger partial charge on any atom is 0.322 e. The lowest BCUT2D eigenvalue weighted by atomic mass is 10.2. The van der Waals surface area contributed by atoms with Crippen LogP contribution < -0.4 is 4.74 Å². The monoisotopic (exact) mass is 454 g/mol. The van der Waals surface area contributed by atoms with Crippen LogP contribution in [0.1, 0.15) is 21.0 Å². The van der Waals surface area contributed by atoms with Crippen LogP contribution in [-0.4, -0.2) is 44.6 Å². The zero-order valence-corrected chi connectivity index (χ0v) is 19.6. The fourth-order valence-electron chi connectivity index (χ4n) is 3.32. The summed E-state index contributed by atoms with van der Waals surface area (Å²) in [4.78, 5) is 17.0. The van der Waals surface area contributed by atoms with Gasteiger partial charge < -0.3 is 9.29 Å². The molecule has 8 heteroatoms. The summed E-state index contributed by atoms with van der Waals surface area (Å²) in [5.41, 5.74) is 3.38. The van der Waals surface area contributed by atoms with Crippen LogP contribution in [0, 0.1) is 13.8 Å². The van der Waals surface area contributed by atoms with E-state index in [2.05, 4.69) is 46.0 Å². The van der Waals surface area contributed by atoms with Gasteiger partial charge >= 0.3 is 5.16 Å². The van der Waals surface area contributed by atoms with Gasteiger partial charge in [0.1, 0.15) is 12.4 Å². The molecule has 0 aliphatic heterocycles. The molecule has 0 amide bonds. The molecule has 0 bridgehead atoms. The molecule has 0 aliphatic carbocycles. The van der Waals surface area contributed by atoms with Gasteiger partial charge in [-0.2, -0.15) is 4.98 Å². The Bertz CT molecular complexity index is 1120. The van der Waals surface area contributed by atoms with Crippen molar-refractivity contribution in [2.24, 2.45) is 0 Å². The molecule has 1 unspecified atom stereocenters. The van der Waals surface area contributed by atoms with E-state index in [0.29, 0.717) is 17.5 Å². The Balaban J connectivity index is 1.35. The summed E-state index contributed by atoms with van der Waals surface area (Å²) < 4.78 is 18.9. The molecule has 1 aromatic carbocycles. The van der Waals surface area contributed by atoms with Crippen molar-refractivity contribution in [2.45, 2.75) is 31.3 Å². The molecule has 4 rings (SSSR count). The van der Waals surface area contributed by atoms with Gasteiger partial charge in [-0.05, 0) is 51.2 Å². The number of likely N-dealkylation sites (N-methyl/N-ethyl adjacent to an activating group) is 1. The lowest BCUT2D eigenvalue weighted by Gasteiger charge is -2.17. The van der Waals surface area contributed by atoms with E-state index in [4.69, 9.17) is 4.74 Å². The van der Waals surface area contributed by atoms with Gasteiger partial charge in [0, 0.05) is 45.8 Å². The van der Waals surface area contributed by atoms with Crippen LogP contribution in [0.5, 0.6) is 5.75 Å². The average molecular weight is 455 g/mol. The van der Waals surface area contributed by atoms with E-state index in [1.54, 1.807) is 6.20 Å². The smallest absolute Gasteiger partial charge is 0.322 e. The van der Waals surface area contributed by atoms with Crippen molar-refractivity contribution in [3.8, 4) is 5.75 Å². The minimum atomic E-state index is -1.31. The predicted molar refractivity (Wildman–Crippen MR) is 126 cm³/mol. The van der Waals surface area contributed by atoms with Gasteiger partial charge in [-0.3, -0.25) is 14.9 Å². The SMILES string of the molecule is Cc1ccc(CN(C)CCOc2ccnc(C[S+]([O-])c3nc4ccccc4[nH]3)c2C)s1. The maximum atomic E-state index is 12.9. The number of nitrogens with one attached hydrogen (secondary N) is 1. The number of nitrogens with zero attached hydrogens (tertiary/aromatic N) is 3. The number of aromatic nitrogens is 3. The molecule has 0 radical (unpaired) electrons. The van der Waals surface area contributed by atoms with E-state index >= 15 is 0 Å². The van der Waals surface area contributed by atoms with Gasteiger partial charge in [-0.1, -0.05) is 12.1 Å². The second-order valence-electron chi connectivity index (χ2n) is 7.53. The third-order valence-corrected chi connectivity index (χ3v) is 7.21. The van der Waals surface area contributed by atoms with Crippen molar-refractivity contribution >= 4 is 33.5 Å². The quantitative estimate of drug-likeness (QED) is 0.378. The Labute approximate surface area is 189 Å². The molecule has 0 aliphatic rings. The maximum absolute atomic E-state index is 12.9. The standard InChI is InChI=1S/C23H26N4O2S2/c1-16-8-9-18(30-16)14-27(3)12-13-29-22-10-11-24-21(17(22)2)15-31(28)23-25-19-6-4-5-7-20(19)26-23/h4-11H,12-15H2,1-3H3,(H,25,26). The van der Waals surface area contributed by atoms with Crippen LogP contribution in [0.15, 0.2) is 53.8 Å². The molecule has 4 aromatic rings. The number of imidazole rings is 1. The number of ether oxygens (including phenoxy) is 1. The van der Waals surface area contributed by atoms with E-state index < -0.39 is 11.2 Å². The molecule has 3 heterocycles. The number of aryl methyl sites for hydroxylation is 1. The molecule has 31 heavy (non-hydrogen) atoms. The highest BCUT2D eigenvalue weighted by Crippen LogP contribution is 2.24. The van der Waals surface area contributed by atoms with Crippen LogP contribution in [0.3, 0.4) is 0 Å². The highest BCUT2D eigenvalue weighted by Gasteiger charge is 2.20. The van der Waals surface area contributed by atoms with Crippen molar-refractivity contribution in [1.82, 2.24) is 19.9 Å². The first-order valence-electron chi connectivity index (χ1n) is 10.1. The molecule has 3 aromatic heterocycles. The third kappa shape index (κ3) is 5.46. The van der Waals surface area contributed by atoms with E-state index in [1.165, 1.54) is 9.75 Å². The summed E-state index contributed by atoms with van der Waals surface area (Å²) in [5.74, 6) is 1.08. The molecule has 0 saturated carbocycles. The first kappa shape index (κ1) is 21.8. The number of pyridine rings is 1. The fourth-order valence-corrected chi connectivity index (χ4v) is 5.39. The van der Waals surface area contributed by atoms with E-state index in [0.717, 1.165) is 41.1 Å². The van der Waals surface area contributed by atoms with E-state index in [-0.39, 0.29) is 0 Å². The zero-order chi connectivity index (χ0) is 21.8. The van der Waals surface area contributed by atoms with Gasteiger partial charge in [0.05, 0.1) is 16.7 Å². The Morgan fingerprint density at radius 3 is 2.77 bits per heavy atom. The number of thiophene rings is 1. The van der Waals surface area contributed by atoms with Gasteiger partial charge in [-0.15, -0.1) is 11.3 Å². The molecule has 162 valence electrons. The zero-order valence-electron chi connectivity index (χ0n) is 17.9. The van der Waals surface area contributed by atoms with Crippen LogP contribution in [0.2, 0.25) is 0 Å². The van der Waals surface area contributed by atoms with E-state index in [9.17, 15) is 4.55 Å². The predicted octanol–water partition coefficient (Wildman–Crippen LogP) is 4.45. The third-order valence-electron chi connectivity index (χ3n) is 5.06. The van der Waals surface area contributed by atoms with Crippen LogP contribution in [0.25, 0.3) is 11.0 Å². The minimum absolute atomic E-state index is 0.292. The Hall–Kier alpha value is -2.39. The highest BCUT2D eigenvalue weighted by atomic mass is 32.2. The normalized spacial score (nSPS) is 12.5. The average Bonchev–Trinajstić information content (AvgIpc) is 3.36. The summed E-state index contributed by atoms with van der Waals surface area (Å²) in [5, 5.41) is 0.471. The second kappa shape index (κ2) is 9.82. The molecule has 1 atom stereocenters. The number of aromatic amines is 1. The number of hydrogen-bond donors (Lipinski definition) is 1. The van der Waals surface area contributed by atoms with E-state index in [1.807, 2.05) is 48.6 Å². The topological polar surface area (TPSA) is 77.1 Å². The highest BCUT2D eigenvalue weighted by molar-refractivity contribution is 7.90. The van der Waals surface area contributed by atoms with Crippen LogP contribution in [-0.2, 0) is 23.5 Å². The van der Waals surface area contributed by atoms with Crippen molar-refractivity contribution in [1.29, 1.82) is 0 Å². The van der Waals surface area contributed by atoms with Crippen molar-refractivity contribution in [2.75, 3.05) is 20.2 Å². The molecular weight excluding hydrogens is 428 g/mol. The van der Waals surface area contributed by atoms with Crippen molar-refractivity contribution in [3.63, 3.8) is 0 Å². The first-order chi connectivity index (χ1) is 15.0. The summed E-state index contributed by atoms with van der Waals surface area (Å²) in [6, 6.07) is 13.9. The summed E-state index contributed by atoms with van der Waals surface area (Å²) in [6.07, 6.45) is 1.71. The van der Waals surface area contributed by atoms with Gasteiger partial charge in [-0.25, -0.2) is 0 Å². The lowest BCUT2D eigenvalue weighted by molar-refractivity contribution is 0.233. The summed E-state index contributed by atoms with van der Waals surface area (Å²) in [6.45, 7) is 6.41. The van der Waals surface area contributed by atoms with Gasteiger partial charge in [0.2, 0.25) is 0 Å². The molecule has 6 nitrogen and oxygen atoms in total. The van der Waals surface area contributed by atoms with Gasteiger partial charge in [0.15, 0.2) is 5.75 Å². The Morgan fingerprint density at radius 1 is 1.16 bits per heavy atom. The summed E-state index contributed by atoms with van der Waals surface area (Å²) in [7, 11) is 2.10. The second-order valence-corrected chi connectivity index (χ2v) is 10.3. The Morgan fingerprint density at radius 2 is 2.00 bits per heavy atom. The largest absolute Gasteiger partial charge is 0.609 e. The number of fused-ring (bicyclic) bond motifs is 1. The van der Waals surface area contributed by atoms with Crippen molar-refractivity contribution in [3.05, 3.63) is 69.7 Å². The lowest BCUT2D eigenvalue weighted by Crippen LogP contribution is -2.23. The van der Waals surface area contributed by atoms with Gasteiger partial charge in [0.25, 0.3) is 0 Å². The molecule has 0 saturated heterocycles. The number of rotatable bonds is 9.